The first kappa shape index (κ1) is 14.2. The number of carbonyl (C=O) groups excluding carboxylic acids is 1. The van der Waals surface area contributed by atoms with Gasteiger partial charge in [0.05, 0.1) is 0 Å². The Kier molecular flexibility index (Phi) is 6.19. The van der Waals surface area contributed by atoms with Crippen LogP contribution in [0.2, 0.25) is 0 Å². The molecule has 0 radical (unpaired) electrons. The summed E-state index contributed by atoms with van der Waals surface area (Å²) in [6, 6.07) is 0.311. The standard InChI is InChI=1S/C13H22N2OS/c1-4-9-15(10-5-2)13(16)14-11-7-6-8-12(11)17-3/h4-5,11-12H,1-2,6-10H2,3H3,(H,14,16)/t11-,12+/m1/s1. The van der Waals surface area contributed by atoms with Crippen LogP contribution in [-0.2, 0) is 0 Å². The van der Waals surface area contributed by atoms with Crippen LogP contribution in [0.25, 0.3) is 0 Å². The van der Waals surface area contributed by atoms with E-state index in [1.54, 1.807) is 17.1 Å². The van der Waals surface area contributed by atoms with Gasteiger partial charge in [-0.2, -0.15) is 11.8 Å². The maximum atomic E-state index is 12.1. The lowest BCUT2D eigenvalue weighted by Gasteiger charge is -2.25. The predicted octanol–water partition coefficient (Wildman–Crippen LogP) is 2.65. The molecule has 0 spiro atoms. The largest absolute Gasteiger partial charge is 0.334 e. The van der Waals surface area contributed by atoms with E-state index >= 15 is 0 Å². The van der Waals surface area contributed by atoms with Crippen molar-refractivity contribution in [1.29, 1.82) is 0 Å². The number of nitrogens with zero attached hydrogens (tertiary/aromatic N) is 1. The third-order valence-electron chi connectivity index (χ3n) is 3.05. The zero-order chi connectivity index (χ0) is 12.7. The third kappa shape index (κ3) is 4.11. The van der Waals surface area contributed by atoms with Crippen LogP contribution in [0.1, 0.15) is 19.3 Å². The Morgan fingerprint density at radius 3 is 2.59 bits per heavy atom. The molecule has 2 atom stereocenters. The summed E-state index contributed by atoms with van der Waals surface area (Å²) in [6.07, 6.45) is 9.09. The van der Waals surface area contributed by atoms with E-state index in [1.165, 1.54) is 12.8 Å². The van der Waals surface area contributed by atoms with Gasteiger partial charge >= 0.3 is 6.03 Å². The molecule has 0 heterocycles. The Morgan fingerprint density at radius 2 is 2.06 bits per heavy atom. The summed E-state index contributed by atoms with van der Waals surface area (Å²) in [5.74, 6) is 0. The molecule has 0 aromatic heterocycles. The van der Waals surface area contributed by atoms with Crippen LogP contribution in [-0.4, -0.2) is 41.6 Å². The molecule has 1 N–H and O–H groups in total. The number of amides is 2. The van der Waals surface area contributed by atoms with Crippen LogP contribution in [0.4, 0.5) is 4.79 Å². The van der Waals surface area contributed by atoms with Gasteiger partial charge in [0, 0.05) is 24.4 Å². The van der Waals surface area contributed by atoms with Crippen molar-refractivity contribution in [2.24, 2.45) is 0 Å². The summed E-state index contributed by atoms with van der Waals surface area (Å²) in [5.41, 5.74) is 0. The van der Waals surface area contributed by atoms with Crippen molar-refractivity contribution in [3.8, 4) is 0 Å². The quantitative estimate of drug-likeness (QED) is 0.739. The molecule has 0 bridgehead atoms. The SMILES string of the molecule is C=CCN(CC=C)C(=O)N[C@@H]1CCC[C@@H]1SC. The third-order valence-corrected chi connectivity index (χ3v) is 4.22. The van der Waals surface area contributed by atoms with E-state index in [2.05, 4.69) is 24.7 Å². The summed E-state index contributed by atoms with van der Waals surface area (Å²) >= 11 is 1.85. The van der Waals surface area contributed by atoms with E-state index in [4.69, 9.17) is 0 Å². The van der Waals surface area contributed by atoms with Crippen molar-refractivity contribution in [2.45, 2.75) is 30.6 Å². The van der Waals surface area contributed by atoms with Crippen molar-refractivity contribution in [3.63, 3.8) is 0 Å². The molecule has 1 aliphatic rings. The van der Waals surface area contributed by atoms with Crippen molar-refractivity contribution < 1.29 is 4.79 Å². The van der Waals surface area contributed by atoms with Gasteiger partial charge in [-0.1, -0.05) is 18.6 Å². The van der Waals surface area contributed by atoms with Crippen LogP contribution in [0.15, 0.2) is 25.3 Å². The maximum Gasteiger partial charge on any atom is 0.318 e. The predicted molar refractivity (Wildman–Crippen MR) is 75.4 cm³/mol. The highest BCUT2D eigenvalue weighted by Gasteiger charge is 2.28. The van der Waals surface area contributed by atoms with Crippen molar-refractivity contribution in [2.75, 3.05) is 19.3 Å². The highest BCUT2D eigenvalue weighted by molar-refractivity contribution is 7.99. The summed E-state index contributed by atoms with van der Waals surface area (Å²) in [4.78, 5) is 13.8. The second-order valence-electron chi connectivity index (χ2n) is 4.24. The Hall–Kier alpha value is -0.900. The molecule has 2 amide bonds. The molecule has 96 valence electrons. The van der Waals surface area contributed by atoms with E-state index in [0.717, 1.165) is 6.42 Å². The van der Waals surface area contributed by atoms with Crippen LogP contribution in [0.3, 0.4) is 0 Å². The summed E-state index contributed by atoms with van der Waals surface area (Å²) in [6.45, 7) is 8.46. The smallest absolute Gasteiger partial charge is 0.318 e. The molecule has 17 heavy (non-hydrogen) atoms. The fourth-order valence-electron chi connectivity index (χ4n) is 2.18. The molecule has 1 fully saturated rings. The van der Waals surface area contributed by atoms with Crippen LogP contribution in [0.5, 0.6) is 0 Å². The van der Waals surface area contributed by atoms with E-state index < -0.39 is 0 Å². The molecule has 1 saturated carbocycles. The summed E-state index contributed by atoms with van der Waals surface area (Å²) in [7, 11) is 0. The first-order valence-corrected chi connectivity index (χ1v) is 7.31. The van der Waals surface area contributed by atoms with E-state index in [-0.39, 0.29) is 6.03 Å². The van der Waals surface area contributed by atoms with Gasteiger partial charge < -0.3 is 10.2 Å². The fourth-order valence-corrected chi connectivity index (χ4v) is 3.11. The van der Waals surface area contributed by atoms with Gasteiger partial charge in [-0.25, -0.2) is 4.79 Å². The normalized spacial score (nSPS) is 23.1. The highest BCUT2D eigenvalue weighted by atomic mass is 32.2. The zero-order valence-electron chi connectivity index (χ0n) is 10.5. The Morgan fingerprint density at radius 1 is 1.41 bits per heavy atom. The molecule has 4 heteroatoms. The topological polar surface area (TPSA) is 32.3 Å². The molecule has 0 aromatic rings. The van der Waals surface area contributed by atoms with Gasteiger partial charge in [0.25, 0.3) is 0 Å². The van der Waals surface area contributed by atoms with Gasteiger partial charge in [-0.15, -0.1) is 13.2 Å². The molecule has 0 saturated heterocycles. The number of nitrogens with one attached hydrogen (secondary N) is 1. The monoisotopic (exact) mass is 254 g/mol. The summed E-state index contributed by atoms with van der Waals surface area (Å²) < 4.78 is 0. The van der Waals surface area contributed by atoms with Gasteiger partial charge in [-0.3, -0.25) is 0 Å². The second-order valence-corrected chi connectivity index (χ2v) is 5.32. The molecule has 0 unspecified atom stereocenters. The number of rotatable bonds is 6. The van der Waals surface area contributed by atoms with Gasteiger partial charge in [-0.05, 0) is 19.1 Å². The van der Waals surface area contributed by atoms with Gasteiger partial charge in [0.15, 0.2) is 0 Å². The highest BCUT2D eigenvalue weighted by Crippen LogP contribution is 2.28. The Balaban J connectivity index is 2.50. The van der Waals surface area contributed by atoms with Gasteiger partial charge in [0.1, 0.15) is 0 Å². The van der Waals surface area contributed by atoms with Gasteiger partial charge in [0.2, 0.25) is 0 Å². The summed E-state index contributed by atoms with van der Waals surface area (Å²) in [5, 5.41) is 3.68. The van der Waals surface area contributed by atoms with Crippen molar-refractivity contribution in [1.82, 2.24) is 10.2 Å². The first-order chi connectivity index (χ1) is 8.22. The average molecular weight is 254 g/mol. The average Bonchev–Trinajstić information content (AvgIpc) is 2.76. The lowest BCUT2D eigenvalue weighted by molar-refractivity contribution is 0.204. The number of hydrogen-bond acceptors (Lipinski definition) is 2. The molecule has 3 nitrogen and oxygen atoms in total. The minimum atomic E-state index is -0.00394. The Bertz CT molecular complexity index is 271. The molecule has 1 aliphatic carbocycles. The molecule has 1 rings (SSSR count). The van der Waals surface area contributed by atoms with E-state index in [9.17, 15) is 4.79 Å². The minimum absolute atomic E-state index is 0.00394. The van der Waals surface area contributed by atoms with Crippen molar-refractivity contribution in [3.05, 3.63) is 25.3 Å². The molecular formula is C13H22N2OS. The number of urea groups is 1. The first-order valence-electron chi connectivity index (χ1n) is 6.03. The van der Waals surface area contributed by atoms with Crippen molar-refractivity contribution >= 4 is 17.8 Å². The van der Waals surface area contributed by atoms with Crippen LogP contribution in [0, 0.1) is 0 Å². The lowest BCUT2D eigenvalue weighted by atomic mass is 10.2. The molecule has 0 aromatic carbocycles. The maximum absolute atomic E-state index is 12.1. The van der Waals surface area contributed by atoms with Crippen LogP contribution >= 0.6 is 11.8 Å². The molecular weight excluding hydrogens is 232 g/mol. The van der Waals surface area contributed by atoms with Crippen LogP contribution < -0.4 is 5.32 Å². The lowest BCUT2D eigenvalue weighted by Crippen LogP contribution is -2.46. The number of hydrogen-bond donors (Lipinski definition) is 1. The van der Waals surface area contributed by atoms with E-state index in [1.807, 2.05) is 11.8 Å². The second kappa shape index (κ2) is 7.43. The number of thioether (sulfide) groups is 1. The zero-order valence-corrected chi connectivity index (χ0v) is 11.3. The Labute approximate surface area is 108 Å². The number of carbonyl (C=O) groups is 1. The fraction of sp³-hybridized carbons (Fsp3) is 0.615. The minimum Gasteiger partial charge on any atom is -0.334 e. The molecule has 0 aliphatic heterocycles. The van der Waals surface area contributed by atoms with E-state index in [0.29, 0.717) is 24.4 Å².